The lowest BCUT2D eigenvalue weighted by Crippen LogP contribution is -2.49. The lowest BCUT2D eigenvalue weighted by molar-refractivity contribution is -0.149. The third-order valence-corrected chi connectivity index (χ3v) is 3.04. The highest BCUT2D eigenvalue weighted by atomic mass is 16.7. The highest BCUT2D eigenvalue weighted by Gasteiger charge is 2.19. The first-order chi connectivity index (χ1) is 9.17. The van der Waals surface area contributed by atoms with Gasteiger partial charge in [-0.15, -0.1) is 0 Å². The minimum atomic E-state index is -0.254. The summed E-state index contributed by atoms with van der Waals surface area (Å²) in [5.41, 5.74) is 0. The molecule has 0 bridgehead atoms. The van der Waals surface area contributed by atoms with E-state index in [0.29, 0.717) is 26.3 Å². The molecule has 6 heteroatoms. The van der Waals surface area contributed by atoms with E-state index in [9.17, 15) is 4.79 Å². The molecule has 0 aromatic rings. The lowest BCUT2D eigenvalue weighted by Gasteiger charge is -2.30. The molecule has 1 fully saturated rings. The number of hydrogen-bond donors (Lipinski definition) is 1. The van der Waals surface area contributed by atoms with Crippen LogP contribution in [0.2, 0.25) is 0 Å². The number of nitrogens with one attached hydrogen (secondary N) is 1. The van der Waals surface area contributed by atoms with Crippen molar-refractivity contribution in [3.8, 4) is 0 Å². The molecular weight excluding hydrogens is 246 g/mol. The highest BCUT2D eigenvalue weighted by molar-refractivity contribution is 5.78. The molecule has 1 aliphatic heterocycles. The molecule has 0 unspecified atom stereocenters. The van der Waals surface area contributed by atoms with Crippen LogP contribution < -0.4 is 5.32 Å². The number of amides is 1. The van der Waals surface area contributed by atoms with Crippen LogP contribution in [0.15, 0.2) is 0 Å². The van der Waals surface area contributed by atoms with Crippen molar-refractivity contribution in [3.63, 3.8) is 0 Å². The number of hydrogen-bond acceptors (Lipinski definition) is 5. The van der Waals surface area contributed by atoms with E-state index in [1.54, 1.807) is 0 Å². The summed E-state index contributed by atoms with van der Waals surface area (Å²) in [5, 5.41) is 3.24. The van der Waals surface area contributed by atoms with Crippen LogP contribution >= 0.6 is 0 Å². The molecule has 0 aromatic heterocycles. The number of carbonyl (C=O) groups excluding carboxylic acids is 1. The predicted molar refractivity (Wildman–Crippen MR) is 74.0 cm³/mol. The van der Waals surface area contributed by atoms with Crippen molar-refractivity contribution in [2.24, 2.45) is 0 Å². The third-order valence-electron chi connectivity index (χ3n) is 3.04. The number of piperazine rings is 1. The summed E-state index contributed by atoms with van der Waals surface area (Å²) in [6.45, 7) is 9.51. The Labute approximate surface area is 116 Å². The summed E-state index contributed by atoms with van der Waals surface area (Å²) in [6.07, 6.45) is -0.254. The van der Waals surface area contributed by atoms with Crippen LogP contribution in [-0.4, -0.2) is 81.5 Å². The minimum Gasteiger partial charge on any atom is -0.352 e. The lowest BCUT2D eigenvalue weighted by atomic mass is 10.3. The van der Waals surface area contributed by atoms with E-state index < -0.39 is 0 Å². The van der Waals surface area contributed by atoms with Crippen LogP contribution in [0.25, 0.3) is 0 Å². The van der Waals surface area contributed by atoms with Gasteiger partial charge in [0, 0.05) is 45.9 Å². The quantitative estimate of drug-likeness (QED) is 0.618. The molecule has 1 amide bonds. The zero-order valence-electron chi connectivity index (χ0n) is 12.4. The molecule has 112 valence electrons. The van der Waals surface area contributed by atoms with E-state index >= 15 is 0 Å². The van der Waals surface area contributed by atoms with Gasteiger partial charge in [0.2, 0.25) is 5.91 Å². The molecule has 1 rings (SSSR count). The Balaban J connectivity index is 2.31. The molecule has 0 aliphatic carbocycles. The van der Waals surface area contributed by atoms with Gasteiger partial charge in [0.1, 0.15) is 0 Å². The number of carbonyl (C=O) groups is 1. The molecule has 0 saturated carbocycles. The summed E-state index contributed by atoms with van der Waals surface area (Å²) < 4.78 is 11.0. The van der Waals surface area contributed by atoms with Crippen LogP contribution in [0.3, 0.4) is 0 Å². The maximum Gasteiger partial charge on any atom is 0.236 e. The van der Waals surface area contributed by atoms with E-state index in [2.05, 4.69) is 5.32 Å². The third kappa shape index (κ3) is 6.33. The van der Waals surface area contributed by atoms with Crippen molar-refractivity contribution >= 4 is 5.91 Å². The summed E-state index contributed by atoms with van der Waals surface area (Å²) in [7, 11) is 1.92. The number of nitrogens with zero attached hydrogens (tertiary/aromatic N) is 2. The van der Waals surface area contributed by atoms with Crippen molar-refractivity contribution < 1.29 is 14.3 Å². The van der Waals surface area contributed by atoms with Gasteiger partial charge in [-0.2, -0.15) is 0 Å². The molecule has 1 aliphatic rings. The maximum absolute atomic E-state index is 12.1. The van der Waals surface area contributed by atoms with Crippen molar-refractivity contribution in [1.29, 1.82) is 0 Å². The molecule has 19 heavy (non-hydrogen) atoms. The van der Waals surface area contributed by atoms with Gasteiger partial charge in [-0.25, -0.2) is 0 Å². The molecule has 1 N–H and O–H groups in total. The maximum atomic E-state index is 12.1. The fourth-order valence-corrected chi connectivity index (χ4v) is 2.09. The molecular formula is C13H27N3O3. The van der Waals surface area contributed by atoms with Gasteiger partial charge in [-0.05, 0) is 20.9 Å². The Morgan fingerprint density at radius 3 is 2.37 bits per heavy atom. The van der Waals surface area contributed by atoms with Gasteiger partial charge in [0.25, 0.3) is 0 Å². The van der Waals surface area contributed by atoms with E-state index in [4.69, 9.17) is 9.47 Å². The van der Waals surface area contributed by atoms with Gasteiger partial charge < -0.3 is 19.7 Å². The van der Waals surface area contributed by atoms with Gasteiger partial charge in [-0.3, -0.25) is 9.69 Å². The van der Waals surface area contributed by atoms with Gasteiger partial charge in [-0.1, -0.05) is 0 Å². The number of ether oxygens (including phenoxy) is 2. The molecule has 1 saturated heterocycles. The Morgan fingerprint density at radius 1 is 1.26 bits per heavy atom. The standard InChI is InChI=1S/C13H27N3O3/c1-4-18-13(19-5-2)11-15(3)10-12(17)16-8-6-14-7-9-16/h13-14H,4-11H2,1-3H3. The second-order valence-corrected chi connectivity index (χ2v) is 4.67. The second kappa shape index (κ2) is 9.25. The highest BCUT2D eigenvalue weighted by Crippen LogP contribution is 2.00. The summed E-state index contributed by atoms with van der Waals surface area (Å²) in [5.74, 6) is 0.177. The van der Waals surface area contributed by atoms with Crippen LogP contribution in [0, 0.1) is 0 Å². The Kier molecular flexibility index (Phi) is 7.97. The average molecular weight is 273 g/mol. The second-order valence-electron chi connectivity index (χ2n) is 4.67. The minimum absolute atomic E-state index is 0.177. The van der Waals surface area contributed by atoms with Crippen LogP contribution in [0.1, 0.15) is 13.8 Å². The average Bonchev–Trinajstić information content (AvgIpc) is 2.40. The first kappa shape index (κ1) is 16.4. The molecule has 0 spiro atoms. The summed E-state index contributed by atoms with van der Waals surface area (Å²) >= 11 is 0. The van der Waals surface area contributed by atoms with E-state index in [-0.39, 0.29) is 12.2 Å². The predicted octanol–water partition coefficient (Wildman–Crippen LogP) is -0.251. The monoisotopic (exact) mass is 273 g/mol. The van der Waals surface area contributed by atoms with E-state index in [0.717, 1.165) is 26.2 Å². The van der Waals surface area contributed by atoms with Crippen LogP contribution in [0.4, 0.5) is 0 Å². The zero-order chi connectivity index (χ0) is 14.1. The summed E-state index contributed by atoms with van der Waals surface area (Å²) in [6, 6.07) is 0. The van der Waals surface area contributed by atoms with Crippen molar-refractivity contribution in [2.45, 2.75) is 20.1 Å². The van der Waals surface area contributed by atoms with Crippen LogP contribution in [-0.2, 0) is 14.3 Å². The van der Waals surface area contributed by atoms with Crippen molar-refractivity contribution in [1.82, 2.24) is 15.1 Å². The molecule has 6 nitrogen and oxygen atoms in total. The summed E-state index contributed by atoms with van der Waals surface area (Å²) in [4.78, 5) is 15.9. The molecule has 1 heterocycles. The number of rotatable bonds is 8. The van der Waals surface area contributed by atoms with Crippen molar-refractivity contribution in [2.75, 3.05) is 59.5 Å². The fourth-order valence-electron chi connectivity index (χ4n) is 2.09. The smallest absolute Gasteiger partial charge is 0.236 e. The molecule has 0 atom stereocenters. The van der Waals surface area contributed by atoms with Gasteiger partial charge >= 0.3 is 0 Å². The van der Waals surface area contributed by atoms with Crippen molar-refractivity contribution in [3.05, 3.63) is 0 Å². The van der Waals surface area contributed by atoms with E-state index in [1.807, 2.05) is 30.7 Å². The Bertz CT molecular complexity index is 252. The number of likely N-dealkylation sites (N-methyl/N-ethyl adjacent to an activating group) is 1. The largest absolute Gasteiger partial charge is 0.352 e. The normalized spacial score (nSPS) is 16.4. The SMILES string of the molecule is CCOC(CN(C)CC(=O)N1CCNCC1)OCC. The Morgan fingerprint density at radius 2 is 1.84 bits per heavy atom. The van der Waals surface area contributed by atoms with E-state index in [1.165, 1.54) is 0 Å². The van der Waals surface area contributed by atoms with Gasteiger partial charge in [0.15, 0.2) is 6.29 Å². The molecule has 0 aromatic carbocycles. The molecule has 0 radical (unpaired) electrons. The first-order valence-electron chi connectivity index (χ1n) is 7.07. The topological polar surface area (TPSA) is 54.0 Å². The fraction of sp³-hybridized carbons (Fsp3) is 0.923. The Hall–Kier alpha value is -0.690. The van der Waals surface area contributed by atoms with Crippen LogP contribution in [0.5, 0.6) is 0 Å². The zero-order valence-corrected chi connectivity index (χ0v) is 12.4. The van der Waals surface area contributed by atoms with Gasteiger partial charge in [0.05, 0.1) is 6.54 Å². The first-order valence-corrected chi connectivity index (χ1v) is 7.07.